The zero-order chi connectivity index (χ0) is 87.1. The summed E-state index contributed by atoms with van der Waals surface area (Å²) in [6.07, 6.45) is 21.2. The van der Waals surface area contributed by atoms with Crippen LogP contribution in [0.3, 0.4) is 0 Å². The first-order valence-corrected chi connectivity index (χ1v) is 44.5. The van der Waals surface area contributed by atoms with Gasteiger partial charge in [-0.25, -0.2) is 0 Å². The van der Waals surface area contributed by atoms with Gasteiger partial charge in [-0.1, -0.05) is 230 Å². The molecule has 648 valence electrons. The highest BCUT2D eigenvalue weighted by atomic mass is 16.2. The fourth-order valence-electron chi connectivity index (χ4n) is 16.0. The number of carbonyl (C=O) groups excluding carboxylic acids is 9. The van der Waals surface area contributed by atoms with Crippen molar-refractivity contribution in [2.24, 2.45) is 17.8 Å². The zero-order valence-corrected chi connectivity index (χ0v) is 72.7. The van der Waals surface area contributed by atoms with E-state index in [-0.39, 0.29) is 89.0 Å². The summed E-state index contributed by atoms with van der Waals surface area (Å²) in [6.45, 7) is 16.4. The Bertz CT molecular complexity index is 4230. The molecule has 21 heteroatoms. The maximum Gasteiger partial charge on any atom is 0.272 e. The van der Waals surface area contributed by atoms with Gasteiger partial charge in [-0.2, -0.15) is 0 Å². The van der Waals surface area contributed by atoms with Crippen molar-refractivity contribution in [3.63, 3.8) is 0 Å². The summed E-state index contributed by atoms with van der Waals surface area (Å²) in [5, 5.41) is 9.19. The van der Waals surface area contributed by atoms with Crippen LogP contribution >= 0.6 is 0 Å². The summed E-state index contributed by atoms with van der Waals surface area (Å²) >= 11 is 0. The van der Waals surface area contributed by atoms with Gasteiger partial charge in [0.15, 0.2) is 0 Å². The van der Waals surface area contributed by atoms with E-state index in [1.54, 1.807) is 67.4 Å². The second kappa shape index (κ2) is 49.8. The lowest BCUT2D eigenvalue weighted by molar-refractivity contribution is -0.138. The molecule has 0 spiro atoms. The molecule has 0 bridgehead atoms. The topological polar surface area (TPSA) is 248 Å². The van der Waals surface area contributed by atoms with Crippen LogP contribution in [-0.4, -0.2) is 193 Å². The van der Waals surface area contributed by atoms with Gasteiger partial charge in [-0.05, 0) is 185 Å². The first kappa shape index (κ1) is 93.3. The number of hydrogen-bond acceptors (Lipinski definition) is 12. The Morgan fingerprint density at radius 2 is 0.650 bits per heavy atom. The first-order chi connectivity index (χ1) is 59.9. The molecule has 0 unspecified atom stereocenters. The average Bonchev–Trinajstić information content (AvgIpc) is 1.80. The third-order valence-electron chi connectivity index (χ3n) is 24.1. The molecule has 3 fully saturated rings. The molecule has 9 atom stereocenters. The fourth-order valence-corrected chi connectivity index (χ4v) is 16.0. The lowest BCUT2D eigenvalue weighted by Gasteiger charge is -2.33. The normalized spacial score (nSPS) is 16.1. The number of nitrogens with zero attached hydrogens (tertiary/aromatic N) is 9. The molecule has 6 aromatic carbocycles. The number of nitrogens with one attached hydrogen (secondary N) is 3. The number of pyridine rings is 3. The van der Waals surface area contributed by atoms with Gasteiger partial charge in [0.2, 0.25) is 35.4 Å². The number of aromatic nitrogens is 3. The third-order valence-corrected chi connectivity index (χ3v) is 24.1. The number of hydrogen-bond donors (Lipinski definition) is 3. The molecule has 3 saturated heterocycles. The molecular formula is C102H126N12O9. The molecule has 6 heterocycles. The van der Waals surface area contributed by atoms with Crippen molar-refractivity contribution in [2.75, 3.05) is 58.9 Å². The van der Waals surface area contributed by atoms with Gasteiger partial charge in [0.05, 0.1) is 5.56 Å². The van der Waals surface area contributed by atoms with Crippen LogP contribution in [0.2, 0.25) is 0 Å². The van der Waals surface area contributed by atoms with Crippen molar-refractivity contribution >= 4 is 53.2 Å². The van der Waals surface area contributed by atoms with Crippen molar-refractivity contribution in [1.82, 2.24) is 60.3 Å². The predicted molar refractivity (Wildman–Crippen MR) is 484 cm³/mol. The van der Waals surface area contributed by atoms with Crippen molar-refractivity contribution in [3.8, 4) is 0 Å². The SMILES string of the molecule is CC[C@@H](C)C(=O)N[C@@H](CCc1ccccc1)C(=O)N1CCC[C@H]1CN(CCc1ccccc1)C(=O)c1ccccn1.CC[C@@H](C)C(=O)N[C@@H](CCc1ccccc1)C(=O)N1CCC[C@H]1CN(CCc1ccccc1)C(=O)c1cccnc1.CC[C@@H](C)C(=O)N[C@@H](CCc1ccccc1)C(=O)N1CCC[C@H]1CN(CCc1ccccc1)C(=O)c1ccncc1. The molecule has 12 rings (SSSR count). The Labute approximate surface area is 728 Å². The molecule has 3 aliphatic heterocycles. The van der Waals surface area contributed by atoms with E-state index in [0.29, 0.717) is 140 Å². The van der Waals surface area contributed by atoms with E-state index in [1.165, 1.54) is 0 Å². The number of likely N-dealkylation sites (tertiary alicyclic amines) is 3. The van der Waals surface area contributed by atoms with Crippen LogP contribution in [0.15, 0.2) is 255 Å². The van der Waals surface area contributed by atoms with Crippen LogP contribution < -0.4 is 16.0 Å². The van der Waals surface area contributed by atoms with E-state index in [2.05, 4.69) is 67.3 Å². The Balaban J connectivity index is 0.000000193. The fraction of sp³-hybridized carbons (Fsp3) is 0.412. The number of aryl methyl sites for hydroxylation is 3. The van der Waals surface area contributed by atoms with Crippen LogP contribution in [0.4, 0.5) is 0 Å². The maximum absolute atomic E-state index is 14.0. The van der Waals surface area contributed by atoms with Gasteiger partial charge >= 0.3 is 0 Å². The number of benzene rings is 6. The largest absolute Gasteiger partial charge is 0.344 e. The second-order valence-corrected chi connectivity index (χ2v) is 32.8. The molecule has 3 aromatic heterocycles. The minimum atomic E-state index is -0.610. The Morgan fingerprint density at radius 3 is 0.951 bits per heavy atom. The highest BCUT2D eigenvalue weighted by Crippen LogP contribution is 2.27. The van der Waals surface area contributed by atoms with Gasteiger partial charge < -0.3 is 45.3 Å². The van der Waals surface area contributed by atoms with E-state index >= 15 is 0 Å². The molecule has 3 aliphatic rings. The van der Waals surface area contributed by atoms with E-state index < -0.39 is 18.1 Å². The predicted octanol–water partition coefficient (Wildman–Crippen LogP) is 14.8. The van der Waals surface area contributed by atoms with Gasteiger partial charge in [-0.15, -0.1) is 0 Å². The molecule has 3 N–H and O–H groups in total. The van der Waals surface area contributed by atoms with E-state index in [0.717, 1.165) is 84.7 Å². The molecule has 9 amide bonds. The molecule has 0 saturated carbocycles. The van der Waals surface area contributed by atoms with Crippen LogP contribution in [0, 0.1) is 17.8 Å². The van der Waals surface area contributed by atoms with Crippen LogP contribution in [0.25, 0.3) is 0 Å². The first-order valence-electron chi connectivity index (χ1n) is 44.5. The molecule has 21 nitrogen and oxygen atoms in total. The van der Waals surface area contributed by atoms with Gasteiger partial charge in [-0.3, -0.25) is 58.1 Å². The standard InChI is InChI=1S/3C34H42N4O3/c1-3-26(2)32(39)36-31(19-18-27-12-6-4-7-13-27)34(41)38-22-11-17-30(38)25-37(23-20-28-14-8-5-9-15-28)33(40)29-16-10-21-35-24-29;1-3-26(2)32(39)36-31(20-19-27-13-6-4-7-14-27)34(41)38-23-12-17-29(38)25-37(24-21-28-15-8-5-9-16-28)33(40)30-18-10-11-22-35-30;1-3-26(2)32(39)36-31(17-16-27-11-6-4-7-12-27)34(41)38-23-10-15-30(38)25-37(24-20-28-13-8-5-9-14-28)33(40)29-18-21-35-22-19-29/h4-10,12-16,21,24,26,30-31H,3,11,17-20,22-23,25H2,1-2H3,(H,36,39);4-11,13-16,18,22,26,29,31H,3,12,17,19-21,23-25H2,1-2H3,(H,36,39);4-9,11-14,18-19,21-22,26,30-31H,3,10,15-17,20,23-25H2,1-2H3,(H,36,39)/t26-,30+,31+;26-,29+,31+;26-,30+,31+/m111/s1. The molecular weight excluding hydrogens is 1540 g/mol. The van der Waals surface area contributed by atoms with Crippen LogP contribution in [0.5, 0.6) is 0 Å². The number of rotatable bonds is 39. The summed E-state index contributed by atoms with van der Waals surface area (Å²) in [7, 11) is 0. The summed E-state index contributed by atoms with van der Waals surface area (Å²) in [4.78, 5) is 145. The highest BCUT2D eigenvalue weighted by molar-refractivity contribution is 5.96. The summed E-state index contributed by atoms with van der Waals surface area (Å²) in [5.41, 5.74) is 8.40. The van der Waals surface area contributed by atoms with Crippen LogP contribution in [-0.2, 0) is 67.3 Å². The minimum Gasteiger partial charge on any atom is -0.344 e. The summed E-state index contributed by atoms with van der Waals surface area (Å²) in [5.74, 6) is -1.23. The Morgan fingerprint density at radius 1 is 0.341 bits per heavy atom. The number of carbonyl (C=O) groups is 9. The smallest absolute Gasteiger partial charge is 0.272 e. The van der Waals surface area contributed by atoms with E-state index in [9.17, 15) is 43.2 Å². The molecule has 123 heavy (non-hydrogen) atoms. The molecule has 0 aliphatic carbocycles. The minimum absolute atomic E-state index is 0.0561. The lowest BCUT2D eigenvalue weighted by Crippen LogP contribution is -2.53. The zero-order valence-electron chi connectivity index (χ0n) is 72.7. The van der Waals surface area contributed by atoms with Gasteiger partial charge in [0.1, 0.15) is 23.8 Å². The molecule has 9 aromatic rings. The monoisotopic (exact) mass is 1660 g/mol. The van der Waals surface area contributed by atoms with E-state index in [1.807, 2.05) is 223 Å². The summed E-state index contributed by atoms with van der Waals surface area (Å²) < 4.78 is 0. The quantitative estimate of drug-likeness (QED) is 0.0325. The van der Waals surface area contributed by atoms with E-state index in [4.69, 9.17) is 0 Å². The average molecular weight is 1660 g/mol. The highest BCUT2D eigenvalue weighted by Gasteiger charge is 2.40. The van der Waals surface area contributed by atoms with Crippen LogP contribution in [0.1, 0.15) is 183 Å². The molecule has 0 radical (unpaired) electrons. The number of amides is 9. The Kier molecular flexibility index (Phi) is 37.8. The maximum atomic E-state index is 14.0. The van der Waals surface area contributed by atoms with Crippen molar-refractivity contribution < 1.29 is 43.2 Å². The summed E-state index contributed by atoms with van der Waals surface area (Å²) in [6, 6.07) is 70.7. The Hall–Kier alpha value is -12.0. The third kappa shape index (κ3) is 29.1. The lowest BCUT2D eigenvalue weighted by atomic mass is 10.0. The second-order valence-electron chi connectivity index (χ2n) is 32.8. The van der Waals surface area contributed by atoms with Crippen molar-refractivity contribution in [3.05, 3.63) is 306 Å². The van der Waals surface area contributed by atoms with Crippen molar-refractivity contribution in [1.29, 1.82) is 0 Å². The van der Waals surface area contributed by atoms with Gasteiger partial charge in [0, 0.05) is 131 Å². The van der Waals surface area contributed by atoms with Gasteiger partial charge in [0.25, 0.3) is 17.7 Å². The van der Waals surface area contributed by atoms with Crippen molar-refractivity contribution in [2.45, 2.75) is 193 Å².